The maximum absolute atomic E-state index is 12.2. The predicted molar refractivity (Wildman–Crippen MR) is 83.8 cm³/mol. The zero-order valence-corrected chi connectivity index (χ0v) is 13.5. The first-order valence-electron chi connectivity index (χ1n) is 7.73. The highest BCUT2D eigenvalue weighted by Crippen LogP contribution is 2.18. The average Bonchev–Trinajstić information content (AvgIpc) is 2.54. The Morgan fingerprint density at radius 2 is 1.43 bits per heavy atom. The van der Waals surface area contributed by atoms with E-state index in [1.54, 1.807) is 0 Å². The van der Waals surface area contributed by atoms with Crippen LogP contribution in [0.5, 0.6) is 0 Å². The molecule has 0 aliphatic carbocycles. The molecule has 0 aromatic heterocycles. The van der Waals surface area contributed by atoms with Crippen LogP contribution in [0, 0.1) is 0 Å². The Morgan fingerprint density at radius 3 is 1.96 bits per heavy atom. The minimum absolute atomic E-state index is 0.0810. The van der Waals surface area contributed by atoms with Gasteiger partial charge in [-0.05, 0) is 25.0 Å². The minimum atomic E-state index is -1.30. The topological polar surface area (TPSA) is 89.9 Å². The van der Waals surface area contributed by atoms with Gasteiger partial charge in [0.15, 0.2) is 0 Å². The van der Waals surface area contributed by atoms with Gasteiger partial charge in [-0.3, -0.25) is 0 Å². The van der Waals surface area contributed by atoms with Gasteiger partial charge >= 0.3 is 17.9 Å². The van der Waals surface area contributed by atoms with Crippen molar-refractivity contribution in [3.8, 4) is 0 Å². The summed E-state index contributed by atoms with van der Waals surface area (Å²) in [6.07, 6.45) is 3.05. The molecule has 0 heterocycles. The minimum Gasteiger partial charge on any atom is -0.478 e. The molecule has 1 N–H and O–H groups in total. The first kappa shape index (κ1) is 18.7. The van der Waals surface area contributed by atoms with Crippen molar-refractivity contribution in [3.63, 3.8) is 0 Å². The second-order valence-electron chi connectivity index (χ2n) is 5.01. The highest BCUT2D eigenvalue weighted by atomic mass is 16.5. The van der Waals surface area contributed by atoms with Crippen molar-refractivity contribution in [2.75, 3.05) is 13.2 Å². The van der Waals surface area contributed by atoms with Gasteiger partial charge in [-0.2, -0.15) is 0 Å². The van der Waals surface area contributed by atoms with Crippen molar-refractivity contribution in [1.29, 1.82) is 0 Å². The Morgan fingerprint density at radius 1 is 0.913 bits per heavy atom. The van der Waals surface area contributed by atoms with E-state index >= 15 is 0 Å². The van der Waals surface area contributed by atoms with Crippen LogP contribution in [0.25, 0.3) is 0 Å². The third kappa shape index (κ3) is 5.39. The summed E-state index contributed by atoms with van der Waals surface area (Å²) < 4.78 is 10.1. The van der Waals surface area contributed by atoms with E-state index in [-0.39, 0.29) is 29.9 Å². The summed E-state index contributed by atoms with van der Waals surface area (Å²) in [5.41, 5.74) is -0.600. The number of unbranched alkanes of at least 4 members (excludes halogenated alkanes) is 2. The predicted octanol–water partition coefficient (Wildman–Crippen LogP) is 3.30. The SMILES string of the molecule is CCCCOC(=O)c1cccc(C(=O)O)c1C(=O)OCCCC. The maximum atomic E-state index is 12.2. The molecule has 0 aliphatic heterocycles. The molecule has 0 aliphatic rings. The summed E-state index contributed by atoms with van der Waals surface area (Å²) in [4.78, 5) is 35.7. The second kappa shape index (κ2) is 9.61. The van der Waals surface area contributed by atoms with Gasteiger partial charge in [-0.25, -0.2) is 14.4 Å². The van der Waals surface area contributed by atoms with Crippen molar-refractivity contribution in [1.82, 2.24) is 0 Å². The Bertz CT molecular complexity index is 564. The lowest BCUT2D eigenvalue weighted by atomic mass is 10.0. The normalized spacial score (nSPS) is 10.2. The van der Waals surface area contributed by atoms with Gasteiger partial charge in [0, 0.05) is 0 Å². The van der Waals surface area contributed by atoms with E-state index in [1.165, 1.54) is 18.2 Å². The summed E-state index contributed by atoms with van der Waals surface area (Å²) in [5.74, 6) is -2.83. The molecule has 0 spiro atoms. The van der Waals surface area contributed by atoms with Gasteiger partial charge < -0.3 is 14.6 Å². The summed E-state index contributed by atoms with van der Waals surface area (Å²) >= 11 is 0. The van der Waals surface area contributed by atoms with Crippen LogP contribution in [0.2, 0.25) is 0 Å². The fourth-order valence-corrected chi connectivity index (χ4v) is 1.89. The molecular weight excluding hydrogens is 300 g/mol. The van der Waals surface area contributed by atoms with Gasteiger partial charge in [0.1, 0.15) is 0 Å². The maximum Gasteiger partial charge on any atom is 0.339 e. The van der Waals surface area contributed by atoms with Gasteiger partial charge in [-0.1, -0.05) is 32.8 Å². The van der Waals surface area contributed by atoms with Gasteiger partial charge in [0.05, 0.1) is 29.9 Å². The number of benzene rings is 1. The number of hydrogen-bond acceptors (Lipinski definition) is 5. The van der Waals surface area contributed by atoms with E-state index < -0.39 is 17.9 Å². The molecule has 6 nitrogen and oxygen atoms in total. The van der Waals surface area contributed by atoms with E-state index in [0.29, 0.717) is 12.8 Å². The molecule has 6 heteroatoms. The molecule has 0 saturated heterocycles. The number of esters is 2. The number of hydrogen-bond donors (Lipinski definition) is 1. The van der Waals surface area contributed by atoms with Crippen molar-refractivity contribution in [2.24, 2.45) is 0 Å². The smallest absolute Gasteiger partial charge is 0.339 e. The molecule has 126 valence electrons. The lowest BCUT2D eigenvalue weighted by Crippen LogP contribution is -2.19. The highest BCUT2D eigenvalue weighted by molar-refractivity contribution is 6.10. The summed E-state index contributed by atoms with van der Waals surface area (Å²) in [7, 11) is 0. The first-order valence-corrected chi connectivity index (χ1v) is 7.73. The van der Waals surface area contributed by atoms with E-state index in [0.717, 1.165) is 12.8 Å². The van der Waals surface area contributed by atoms with Gasteiger partial charge in [0.2, 0.25) is 0 Å². The lowest BCUT2D eigenvalue weighted by molar-refractivity contribution is 0.0447. The molecule has 0 radical (unpaired) electrons. The molecule has 0 fully saturated rings. The standard InChI is InChI=1S/C17H22O6/c1-3-5-10-22-16(20)13-9-7-8-12(15(18)19)14(13)17(21)23-11-6-4-2/h7-9H,3-6,10-11H2,1-2H3,(H,18,19). The van der Waals surface area contributed by atoms with E-state index in [2.05, 4.69) is 0 Å². The van der Waals surface area contributed by atoms with Crippen molar-refractivity contribution in [2.45, 2.75) is 39.5 Å². The molecule has 1 aromatic carbocycles. The van der Waals surface area contributed by atoms with Crippen molar-refractivity contribution in [3.05, 3.63) is 34.9 Å². The fraction of sp³-hybridized carbons (Fsp3) is 0.471. The molecule has 0 unspecified atom stereocenters. The highest BCUT2D eigenvalue weighted by Gasteiger charge is 2.26. The molecule has 1 aromatic rings. The second-order valence-corrected chi connectivity index (χ2v) is 5.01. The Kier molecular flexibility index (Phi) is 7.80. The zero-order valence-electron chi connectivity index (χ0n) is 13.5. The molecule has 0 amide bonds. The van der Waals surface area contributed by atoms with Crippen LogP contribution >= 0.6 is 0 Å². The molecule has 0 bridgehead atoms. The van der Waals surface area contributed by atoms with Gasteiger partial charge in [0.25, 0.3) is 0 Å². The van der Waals surface area contributed by atoms with Crippen LogP contribution in [0.4, 0.5) is 0 Å². The lowest BCUT2D eigenvalue weighted by Gasteiger charge is -2.12. The number of carboxylic acid groups (broad SMARTS) is 1. The molecule has 23 heavy (non-hydrogen) atoms. The zero-order chi connectivity index (χ0) is 17.2. The van der Waals surface area contributed by atoms with Crippen LogP contribution in [-0.4, -0.2) is 36.2 Å². The largest absolute Gasteiger partial charge is 0.478 e. The van der Waals surface area contributed by atoms with Crippen LogP contribution in [0.15, 0.2) is 18.2 Å². The van der Waals surface area contributed by atoms with Crippen LogP contribution in [0.3, 0.4) is 0 Å². The van der Waals surface area contributed by atoms with Gasteiger partial charge in [-0.15, -0.1) is 0 Å². The number of aromatic carboxylic acids is 1. The van der Waals surface area contributed by atoms with Crippen LogP contribution < -0.4 is 0 Å². The molecule has 1 rings (SSSR count). The molecule has 0 saturated carbocycles. The third-order valence-corrected chi connectivity index (χ3v) is 3.18. The van der Waals surface area contributed by atoms with Crippen molar-refractivity contribution >= 4 is 17.9 Å². The third-order valence-electron chi connectivity index (χ3n) is 3.18. The monoisotopic (exact) mass is 322 g/mol. The number of rotatable bonds is 9. The number of carbonyl (C=O) groups is 3. The summed E-state index contributed by atoms with van der Waals surface area (Å²) in [6, 6.07) is 4.04. The number of carbonyl (C=O) groups excluding carboxylic acids is 2. The quantitative estimate of drug-likeness (QED) is 0.554. The molecule has 0 atom stereocenters. The van der Waals surface area contributed by atoms with E-state index in [9.17, 15) is 19.5 Å². The Labute approximate surface area is 135 Å². The van der Waals surface area contributed by atoms with E-state index in [1.807, 2.05) is 13.8 Å². The first-order chi connectivity index (χ1) is 11.0. The van der Waals surface area contributed by atoms with Crippen molar-refractivity contribution < 1.29 is 29.0 Å². The molecular formula is C17H22O6. The fourth-order valence-electron chi connectivity index (χ4n) is 1.89. The summed E-state index contributed by atoms with van der Waals surface area (Å²) in [5, 5.41) is 9.25. The van der Waals surface area contributed by atoms with Crippen LogP contribution in [-0.2, 0) is 9.47 Å². The number of carboxylic acids is 1. The average molecular weight is 322 g/mol. The Balaban J connectivity index is 3.09. The number of ether oxygens (including phenoxy) is 2. The Hall–Kier alpha value is -2.37. The van der Waals surface area contributed by atoms with Crippen LogP contribution in [0.1, 0.15) is 70.6 Å². The van der Waals surface area contributed by atoms with E-state index in [4.69, 9.17) is 9.47 Å². The summed E-state index contributed by atoms with van der Waals surface area (Å²) in [6.45, 7) is 4.29.